The number of rotatable bonds is 10. The molecule has 2 aliphatic rings. The van der Waals surface area contributed by atoms with Crippen molar-refractivity contribution in [2.24, 2.45) is 11.3 Å². The molecule has 3 aromatic rings. The lowest BCUT2D eigenvalue weighted by atomic mass is 9.75. The van der Waals surface area contributed by atoms with Crippen molar-refractivity contribution >= 4 is 40.2 Å². The minimum absolute atomic E-state index is 0.207. The molecule has 1 aliphatic heterocycles. The van der Waals surface area contributed by atoms with Gasteiger partial charge in [0.05, 0.1) is 11.3 Å². The number of hydrogen-bond donors (Lipinski definition) is 3. The smallest absolute Gasteiger partial charge is 0.323 e. The zero-order valence-electron chi connectivity index (χ0n) is 23.1. The summed E-state index contributed by atoms with van der Waals surface area (Å²) < 4.78 is 0. The van der Waals surface area contributed by atoms with Crippen LogP contribution in [0.4, 0.5) is 5.69 Å². The highest BCUT2D eigenvalue weighted by molar-refractivity contribution is 6.03. The van der Waals surface area contributed by atoms with Crippen LogP contribution in [0.15, 0.2) is 66.7 Å². The number of benzene rings is 3. The summed E-state index contributed by atoms with van der Waals surface area (Å²) in [6.45, 7) is -0.497. The summed E-state index contributed by atoms with van der Waals surface area (Å²) in [5.41, 5.74) is 1.61. The van der Waals surface area contributed by atoms with Gasteiger partial charge in [0, 0.05) is 5.69 Å². The molecular weight excluding hydrogens is 520 g/mol. The second-order valence-corrected chi connectivity index (χ2v) is 11.4. The van der Waals surface area contributed by atoms with Gasteiger partial charge in [-0.25, -0.2) is 0 Å². The van der Waals surface area contributed by atoms with E-state index >= 15 is 0 Å². The van der Waals surface area contributed by atoms with Crippen molar-refractivity contribution in [3.63, 3.8) is 0 Å². The number of carbonyl (C=O) groups is 4. The molecule has 0 spiro atoms. The molecule has 2 amide bonds. The average Bonchev–Trinajstić information content (AvgIpc) is 3.41. The van der Waals surface area contributed by atoms with E-state index in [0.717, 1.165) is 34.7 Å². The summed E-state index contributed by atoms with van der Waals surface area (Å²) in [6, 6.07) is 20.4. The number of aliphatic carboxylic acids is 2. The molecule has 214 valence electrons. The molecule has 41 heavy (non-hydrogen) atoms. The predicted molar refractivity (Wildman–Crippen MR) is 156 cm³/mol. The third kappa shape index (κ3) is 6.11. The Morgan fingerprint density at radius 2 is 1.66 bits per heavy atom. The van der Waals surface area contributed by atoms with Crippen molar-refractivity contribution in [3.8, 4) is 0 Å². The van der Waals surface area contributed by atoms with E-state index in [9.17, 15) is 29.4 Å². The Balaban J connectivity index is 1.33. The monoisotopic (exact) mass is 556 g/mol. The topological polar surface area (TPSA) is 124 Å². The quantitative estimate of drug-likeness (QED) is 0.324. The lowest BCUT2D eigenvalue weighted by Crippen LogP contribution is -2.53. The van der Waals surface area contributed by atoms with Gasteiger partial charge in [-0.15, -0.1) is 0 Å². The zero-order chi connectivity index (χ0) is 29.0. The molecule has 0 unspecified atom stereocenters. The maximum atomic E-state index is 13.9. The van der Waals surface area contributed by atoms with Crippen molar-refractivity contribution < 1.29 is 29.4 Å². The van der Waals surface area contributed by atoms with Crippen LogP contribution in [0.25, 0.3) is 10.8 Å². The molecule has 0 saturated heterocycles. The van der Waals surface area contributed by atoms with E-state index in [2.05, 4.69) is 5.32 Å². The van der Waals surface area contributed by atoms with Crippen molar-refractivity contribution in [2.45, 2.75) is 63.8 Å². The Hall–Kier alpha value is -4.20. The average molecular weight is 557 g/mol. The second kappa shape index (κ2) is 12.1. The molecule has 5 rings (SSSR count). The van der Waals surface area contributed by atoms with Crippen LogP contribution in [0, 0.1) is 11.3 Å². The molecule has 1 heterocycles. The Labute approximate surface area is 239 Å². The molecule has 1 fully saturated rings. The third-order valence-electron chi connectivity index (χ3n) is 8.82. The molecular formula is C33H36N2O6. The highest BCUT2D eigenvalue weighted by atomic mass is 16.4. The molecule has 3 aromatic carbocycles. The number of para-hydroxylation sites is 1. The number of carboxylic acids is 2. The van der Waals surface area contributed by atoms with E-state index in [4.69, 9.17) is 0 Å². The van der Waals surface area contributed by atoms with Gasteiger partial charge in [0.15, 0.2) is 0 Å². The number of amides is 2. The summed E-state index contributed by atoms with van der Waals surface area (Å²) >= 11 is 0. The van der Waals surface area contributed by atoms with Gasteiger partial charge in [0.2, 0.25) is 11.8 Å². The predicted octanol–water partition coefficient (Wildman–Crippen LogP) is 4.97. The van der Waals surface area contributed by atoms with Crippen LogP contribution in [0.2, 0.25) is 0 Å². The lowest BCUT2D eigenvalue weighted by Gasteiger charge is -2.33. The summed E-state index contributed by atoms with van der Waals surface area (Å²) in [6.07, 6.45) is 4.82. The second-order valence-electron chi connectivity index (χ2n) is 11.4. The highest BCUT2D eigenvalue weighted by Gasteiger charge is 2.45. The molecule has 2 atom stereocenters. The van der Waals surface area contributed by atoms with Crippen molar-refractivity contribution in [2.75, 3.05) is 11.4 Å². The first kappa shape index (κ1) is 28.3. The minimum atomic E-state index is -1.14. The van der Waals surface area contributed by atoms with Crippen LogP contribution in [0.1, 0.15) is 56.1 Å². The number of hydrogen-bond acceptors (Lipinski definition) is 4. The van der Waals surface area contributed by atoms with E-state index in [1.807, 2.05) is 54.6 Å². The number of fused-ring (bicyclic) bond motifs is 2. The Morgan fingerprint density at radius 1 is 0.951 bits per heavy atom. The number of carbonyl (C=O) groups excluding carboxylic acids is 2. The summed E-state index contributed by atoms with van der Waals surface area (Å²) in [5, 5.41) is 24.8. The van der Waals surface area contributed by atoms with Crippen LogP contribution in [0.5, 0.6) is 0 Å². The number of nitrogens with one attached hydrogen (secondary N) is 1. The molecule has 1 aliphatic carbocycles. The third-order valence-corrected chi connectivity index (χ3v) is 8.82. The van der Waals surface area contributed by atoms with E-state index in [1.54, 1.807) is 12.1 Å². The van der Waals surface area contributed by atoms with Gasteiger partial charge in [-0.2, -0.15) is 0 Å². The van der Waals surface area contributed by atoms with Crippen LogP contribution >= 0.6 is 0 Å². The molecule has 3 N–H and O–H groups in total. The number of anilines is 1. The van der Waals surface area contributed by atoms with Crippen LogP contribution in [-0.4, -0.2) is 46.6 Å². The van der Waals surface area contributed by atoms with Gasteiger partial charge in [-0.1, -0.05) is 73.5 Å². The van der Waals surface area contributed by atoms with Crippen molar-refractivity contribution in [1.29, 1.82) is 0 Å². The van der Waals surface area contributed by atoms with Crippen LogP contribution in [-0.2, 0) is 32.0 Å². The van der Waals surface area contributed by atoms with Gasteiger partial charge >= 0.3 is 11.9 Å². The van der Waals surface area contributed by atoms with Gasteiger partial charge in [0.25, 0.3) is 0 Å². The fourth-order valence-corrected chi connectivity index (χ4v) is 6.66. The minimum Gasteiger partial charge on any atom is -0.481 e. The molecule has 0 aromatic heterocycles. The van der Waals surface area contributed by atoms with Gasteiger partial charge < -0.3 is 15.5 Å². The number of nitrogens with zero attached hydrogens (tertiary/aromatic N) is 1. The Morgan fingerprint density at radius 3 is 2.41 bits per heavy atom. The van der Waals surface area contributed by atoms with Crippen molar-refractivity contribution in [1.82, 2.24) is 5.32 Å². The van der Waals surface area contributed by atoms with E-state index in [1.165, 1.54) is 4.90 Å². The Bertz CT molecular complexity index is 1460. The van der Waals surface area contributed by atoms with Gasteiger partial charge in [-0.3, -0.25) is 24.1 Å². The standard InChI is InChI=1S/C33H36N2O6/c36-29(37)21-35-28-13-4-2-9-24(28)16-17-27(30(35)38)34-32(41)33(18-5-6-19-33)20-25(31(39)40)15-14-23-11-7-10-22-8-1-3-12-26(22)23/h1-4,7-13,25,27H,5-6,14-21H2,(H,34,41)(H,36,37)(H,39,40)/t25-,27+/m1/s1. The maximum Gasteiger partial charge on any atom is 0.323 e. The molecule has 8 nitrogen and oxygen atoms in total. The van der Waals surface area contributed by atoms with Crippen LogP contribution in [0.3, 0.4) is 0 Å². The summed E-state index contributed by atoms with van der Waals surface area (Å²) in [5.74, 6) is -3.52. The first-order valence-electron chi connectivity index (χ1n) is 14.4. The van der Waals surface area contributed by atoms with Crippen molar-refractivity contribution in [3.05, 3.63) is 77.9 Å². The molecule has 8 heteroatoms. The maximum absolute atomic E-state index is 13.9. The van der Waals surface area contributed by atoms with E-state index in [0.29, 0.717) is 44.2 Å². The lowest BCUT2D eigenvalue weighted by molar-refractivity contribution is -0.145. The summed E-state index contributed by atoms with van der Waals surface area (Å²) in [7, 11) is 0. The molecule has 0 radical (unpaired) electrons. The number of aryl methyl sites for hydroxylation is 2. The highest BCUT2D eigenvalue weighted by Crippen LogP contribution is 2.45. The molecule has 1 saturated carbocycles. The van der Waals surface area contributed by atoms with E-state index < -0.39 is 41.8 Å². The van der Waals surface area contributed by atoms with Crippen LogP contribution < -0.4 is 10.2 Å². The Kier molecular flexibility index (Phi) is 8.38. The normalized spacial score (nSPS) is 18.9. The largest absolute Gasteiger partial charge is 0.481 e. The fourth-order valence-electron chi connectivity index (χ4n) is 6.66. The number of carboxylic acid groups (broad SMARTS) is 2. The fraction of sp³-hybridized carbons (Fsp3) is 0.394. The van der Waals surface area contributed by atoms with Gasteiger partial charge in [0.1, 0.15) is 12.6 Å². The van der Waals surface area contributed by atoms with E-state index in [-0.39, 0.29) is 12.3 Å². The first-order chi connectivity index (χ1) is 19.8. The zero-order valence-corrected chi connectivity index (χ0v) is 23.1. The van der Waals surface area contributed by atoms with Gasteiger partial charge in [-0.05, 0) is 72.9 Å². The SMILES string of the molecule is O=C(O)CN1C(=O)[C@@H](NC(=O)C2(C[C@@H](CCc3cccc4ccccc34)C(=O)O)CCCC2)CCc2ccccc21. The first-order valence-corrected chi connectivity index (χ1v) is 14.4. The summed E-state index contributed by atoms with van der Waals surface area (Å²) in [4.78, 5) is 52.8. The molecule has 0 bridgehead atoms.